The average molecular weight is 450 g/mol. The predicted octanol–water partition coefficient (Wildman–Crippen LogP) is 4.29. The molecule has 33 heavy (non-hydrogen) atoms. The van der Waals surface area contributed by atoms with E-state index in [2.05, 4.69) is 51.8 Å². The molecule has 0 amide bonds. The predicted molar refractivity (Wildman–Crippen MR) is 125 cm³/mol. The summed E-state index contributed by atoms with van der Waals surface area (Å²) in [5.74, 6) is 1.47. The number of hydrogen-bond acceptors (Lipinski definition) is 5. The minimum absolute atomic E-state index is 0.157. The van der Waals surface area contributed by atoms with Gasteiger partial charge in [-0.15, -0.1) is 0 Å². The number of carboxylic acid groups (broad SMARTS) is 1. The number of nitrogens with zero attached hydrogens (tertiary/aromatic N) is 2. The molecule has 3 saturated carbocycles. The Morgan fingerprint density at radius 2 is 1.91 bits per heavy atom. The highest BCUT2D eigenvalue weighted by Crippen LogP contribution is 2.49. The third-order valence-electron chi connectivity index (χ3n) is 8.93. The molecule has 0 spiro atoms. The van der Waals surface area contributed by atoms with Crippen LogP contribution >= 0.6 is 0 Å². The van der Waals surface area contributed by atoms with Gasteiger partial charge >= 0.3 is 5.97 Å². The van der Waals surface area contributed by atoms with E-state index in [4.69, 9.17) is 4.52 Å². The Morgan fingerprint density at radius 1 is 1.15 bits per heavy atom. The molecule has 1 aliphatic heterocycles. The molecule has 1 aromatic heterocycles. The van der Waals surface area contributed by atoms with Crippen LogP contribution < -0.4 is 5.32 Å². The average Bonchev–Trinajstić information content (AvgIpc) is 3.72. The Labute approximate surface area is 195 Å². The fourth-order valence-corrected chi connectivity index (χ4v) is 6.07. The van der Waals surface area contributed by atoms with Crippen LogP contribution in [0.4, 0.5) is 0 Å². The van der Waals surface area contributed by atoms with Crippen LogP contribution in [-0.4, -0.2) is 53.4 Å². The van der Waals surface area contributed by atoms with E-state index in [1.807, 2.05) is 0 Å². The molecular formula is C27H35N3O3. The SMILES string of the molecule is O=C(O)C1(CN2CCC(c3cc(C4(CN[C@@H]5C[C@H]5c5ccccc5)CC4)no3)CC2)CCC1. The third kappa shape index (κ3) is 4.12. The van der Waals surface area contributed by atoms with Gasteiger partial charge in [0.25, 0.3) is 0 Å². The zero-order chi connectivity index (χ0) is 22.5. The van der Waals surface area contributed by atoms with Gasteiger partial charge < -0.3 is 19.8 Å². The Bertz CT molecular complexity index is 987. The number of aromatic nitrogens is 1. The number of carboxylic acids is 1. The number of carbonyl (C=O) groups is 1. The molecule has 0 radical (unpaired) electrons. The summed E-state index contributed by atoms with van der Waals surface area (Å²) in [6.07, 6.45) is 8.36. The first-order valence-electron chi connectivity index (χ1n) is 12.8. The minimum atomic E-state index is -0.611. The molecule has 2 heterocycles. The zero-order valence-electron chi connectivity index (χ0n) is 19.3. The molecule has 4 aliphatic rings. The summed E-state index contributed by atoms with van der Waals surface area (Å²) >= 11 is 0. The number of hydrogen-bond donors (Lipinski definition) is 2. The molecule has 2 atom stereocenters. The van der Waals surface area contributed by atoms with Crippen LogP contribution in [0.3, 0.4) is 0 Å². The number of aliphatic carboxylic acids is 1. The quantitative estimate of drug-likeness (QED) is 0.595. The number of benzene rings is 1. The van der Waals surface area contributed by atoms with Crippen molar-refractivity contribution in [1.82, 2.24) is 15.4 Å². The summed E-state index contributed by atoms with van der Waals surface area (Å²) < 4.78 is 5.86. The Morgan fingerprint density at radius 3 is 2.55 bits per heavy atom. The third-order valence-corrected chi connectivity index (χ3v) is 8.93. The Hall–Kier alpha value is -2.18. The van der Waals surface area contributed by atoms with Crippen molar-refractivity contribution in [3.63, 3.8) is 0 Å². The minimum Gasteiger partial charge on any atom is -0.481 e. The van der Waals surface area contributed by atoms with Gasteiger partial charge in [-0.1, -0.05) is 41.9 Å². The zero-order valence-corrected chi connectivity index (χ0v) is 19.3. The van der Waals surface area contributed by atoms with Gasteiger partial charge in [-0.3, -0.25) is 4.79 Å². The standard InChI is InChI=1S/C27H35N3O3/c31-25(32)27(9-4-10-27)18-30-13-7-20(8-14-30)23-16-24(29-33-23)26(11-12-26)17-28-22-15-21(22)19-5-2-1-3-6-19/h1-3,5-6,16,20-22,28H,4,7-15,17-18H2,(H,31,32)/t21-,22+/m0/s1. The van der Waals surface area contributed by atoms with Gasteiger partial charge in [0.05, 0.1) is 11.1 Å². The van der Waals surface area contributed by atoms with E-state index in [9.17, 15) is 9.90 Å². The number of nitrogens with one attached hydrogen (secondary N) is 1. The molecule has 4 fully saturated rings. The molecule has 6 heteroatoms. The van der Waals surface area contributed by atoms with Gasteiger partial charge in [0.15, 0.2) is 0 Å². The lowest BCUT2D eigenvalue weighted by atomic mass is 9.68. The maximum Gasteiger partial charge on any atom is 0.310 e. The van der Waals surface area contributed by atoms with Crippen LogP contribution in [-0.2, 0) is 10.2 Å². The lowest BCUT2D eigenvalue weighted by Crippen LogP contribution is -2.49. The molecule has 3 aliphatic carbocycles. The highest BCUT2D eigenvalue weighted by atomic mass is 16.5. The molecule has 6 nitrogen and oxygen atoms in total. The first-order chi connectivity index (χ1) is 16.1. The van der Waals surface area contributed by atoms with Crippen LogP contribution in [0.2, 0.25) is 0 Å². The summed E-state index contributed by atoms with van der Waals surface area (Å²) in [5.41, 5.74) is 2.24. The van der Waals surface area contributed by atoms with Gasteiger partial charge in [0.1, 0.15) is 5.76 Å². The topological polar surface area (TPSA) is 78.6 Å². The van der Waals surface area contributed by atoms with Crippen LogP contribution in [0.25, 0.3) is 0 Å². The smallest absolute Gasteiger partial charge is 0.310 e. The van der Waals surface area contributed by atoms with E-state index in [0.29, 0.717) is 24.4 Å². The van der Waals surface area contributed by atoms with Gasteiger partial charge in [-0.05, 0) is 63.6 Å². The summed E-state index contributed by atoms with van der Waals surface area (Å²) in [7, 11) is 0. The van der Waals surface area contributed by atoms with E-state index < -0.39 is 11.4 Å². The van der Waals surface area contributed by atoms with Crippen molar-refractivity contribution >= 4 is 5.97 Å². The molecule has 2 aromatic rings. The second-order valence-corrected chi connectivity index (χ2v) is 11.1. The second kappa shape index (κ2) is 8.24. The van der Waals surface area contributed by atoms with Crippen molar-refractivity contribution in [1.29, 1.82) is 0 Å². The lowest BCUT2D eigenvalue weighted by molar-refractivity contribution is -0.156. The maximum atomic E-state index is 11.7. The van der Waals surface area contributed by atoms with E-state index in [1.165, 1.54) is 24.8 Å². The molecule has 6 rings (SSSR count). The van der Waals surface area contributed by atoms with Crippen molar-refractivity contribution in [2.75, 3.05) is 26.2 Å². The molecule has 176 valence electrons. The van der Waals surface area contributed by atoms with Crippen molar-refractivity contribution in [2.45, 2.75) is 74.7 Å². The number of rotatable bonds is 9. The van der Waals surface area contributed by atoms with E-state index in [-0.39, 0.29) is 5.41 Å². The van der Waals surface area contributed by atoms with Crippen molar-refractivity contribution < 1.29 is 14.4 Å². The monoisotopic (exact) mass is 449 g/mol. The Kier molecular flexibility index (Phi) is 5.33. The van der Waals surface area contributed by atoms with Crippen LogP contribution in [0.1, 0.15) is 80.2 Å². The fraction of sp³-hybridized carbons (Fsp3) is 0.630. The molecule has 1 saturated heterocycles. The Balaban J connectivity index is 1.01. The summed E-state index contributed by atoms with van der Waals surface area (Å²) in [4.78, 5) is 14.1. The van der Waals surface area contributed by atoms with Crippen molar-refractivity contribution in [3.8, 4) is 0 Å². The van der Waals surface area contributed by atoms with Crippen LogP contribution in [0.5, 0.6) is 0 Å². The van der Waals surface area contributed by atoms with E-state index in [0.717, 1.165) is 63.2 Å². The maximum absolute atomic E-state index is 11.7. The second-order valence-electron chi connectivity index (χ2n) is 11.1. The first-order valence-corrected chi connectivity index (χ1v) is 12.8. The van der Waals surface area contributed by atoms with E-state index in [1.54, 1.807) is 0 Å². The van der Waals surface area contributed by atoms with Gasteiger partial charge in [-0.2, -0.15) is 0 Å². The fourth-order valence-electron chi connectivity index (χ4n) is 6.07. The summed E-state index contributed by atoms with van der Waals surface area (Å²) in [6, 6.07) is 13.6. The van der Waals surface area contributed by atoms with Crippen LogP contribution in [0, 0.1) is 5.41 Å². The molecule has 1 aromatic carbocycles. The first kappa shape index (κ1) is 21.4. The number of piperidine rings is 1. The van der Waals surface area contributed by atoms with Gasteiger partial charge in [0, 0.05) is 42.4 Å². The summed E-state index contributed by atoms with van der Waals surface area (Å²) in [6.45, 7) is 3.59. The lowest BCUT2D eigenvalue weighted by Gasteiger charge is -2.43. The largest absolute Gasteiger partial charge is 0.481 e. The highest BCUT2D eigenvalue weighted by molar-refractivity contribution is 5.76. The van der Waals surface area contributed by atoms with Crippen molar-refractivity contribution in [2.24, 2.45) is 5.41 Å². The molecular weight excluding hydrogens is 414 g/mol. The summed E-state index contributed by atoms with van der Waals surface area (Å²) in [5, 5.41) is 18.0. The van der Waals surface area contributed by atoms with E-state index >= 15 is 0 Å². The van der Waals surface area contributed by atoms with Gasteiger partial charge in [-0.25, -0.2) is 0 Å². The normalized spacial score (nSPS) is 28.2. The number of likely N-dealkylation sites (tertiary alicyclic amines) is 1. The van der Waals surface area contributed by atoms with Crippen molar-refractivity contribution in [3.05, 3.63) is 53.4 Å². The highest BCUT2D eigenvalue weighted by Gasteiger charge is 2.49. The molecule has 2 N–H and O–H groups in total. The van der Waals surface area contributed by atoms with Gasteiger partial charge in [0.2, 0.25) is 0 Å². The molecule has 0 unspecified atom stereocenters. The molecule has 0 bridgehead atoms. The van der Waals surface area contributed by atoms with Crippen LogP contribution in [0.15, 0.2) is 40.9 Å².